The van der Waals surface area contributed by atoms with Crippen molar-refractivity contribution < 1.29 is 4.79 Å². The van der Waals surface area contributed by atoms with E-state index in [0.29, 0.717) is 12.0 Å². The molecule has 0 radical (unpaired) electrons. The number of hydrogen-bond donors (Lipinski definition) is 2. The number of H-pyrrole nitrogens is 1. The fourth-order valence-corrected chi connectivity index (χ4v) is 7.41. The molecule has 1 amide bonds. The van der Waals surface area contributed by atoms with Crippen LogP contribution < -0.4 is 10.9 Å². The highest BCUT2D eigenvalue weighted by molar-refractivity contribution is 5.93. The number of carbonyl (C=O) groups excluding carboxylic acids is 1. The number of pyridine rings is 1. The van der Waals surface area contributed by atoms with E-state index in [9.17, 15) is 9.59 Å². The first-order valence-electron chi connectivity index (χ1n) is 12.3. The largest absolute Gasteiger partial charge is 0.352 e. The summed E-state index contributed by atoms with van der Waals surface area (Å²) in [4.78, 5) is 30.8. The van der Waals surface area contributed by atoms with Crippen molar-refractivity contribution in [1.82, 2.24) is 15.2 Å². The molecule has 2 N–H and O–H groups in total. The van der Waals surface area contributed by atoms with Crippen LogP contribution in [-0.4, -0.2) is 34.9 Å². The Labute approximate surface area is 180 Å². The Morgan fingerprint density at radius 2 is 1.83 bits per heavy atom. The molecule has 164 valence electrons. The van der Waals surface area contributed by atoms with Crippen molar-refractivity contribution in [1.29, 1.82) is 0 Å². The van der Waals surface area contributed by atoms with Gasteiger partial charge < -0.3 is 10.3 Å². The van der Waals surface area contributed by atoms with Crippen molar-refractivity contribution in [3.05, 3.63) is 33.7 Å². The quantitative estimate of drug-likeness (QED) is 0.745. The van der Waals surface area contributed by atoms with Gasteiger partial charge >= 0.3 is 0 Å². The lowest BCUT2D eigenvalue weighted by atomic mass is 9.52. The molecule has 6 rings (SSSR count). The van der Waals surface area contributed by atoms with E-state index < -0.39 is 0 Å². The molecular weight excluding hydrogens is 374 g/mol. The van der Waals surface area contributed by atoms with Crippen molar-refractivity contribution in [2.75, 3.05) is 13.1 Å². The molecule has 1 unspecified atom stereocenters. The maximum absolute atomic E-state index is 12.8. The standard InChI is InChI=1S/C25H37N3O2/c1-2-21-5-3-4-8-28(21)15-20-6-7-22(25(30)27-20)24(29)26-14-23-18-10-16-9-17(12-18)13-19(23)11-16/h6-7,16-19,21,23H,2-5,8-15H2,1H3,(H,26,29)(H,27,30). The Morgan fingerprint density at radius 3 is 2.50 bits per heavy atom. The van der Waals surface area contributed by atoms with Gasteiger partial charge in [0.2, 0.25) is 0 Å². The number of rotatable bonds is 6. The summed E-state index contributed by atoms with van der Waals surface area (Å²) in [6.07, 6.45) is 11.8. The van der Waals surface area contributed by atoms with E-state index in [4.69, 9.17) is 0 Å². The summed E-state index contributed by atoms with van der Waals surface area (Å²) in [7, 11) is 0. The zero-order valence-corrected chi connectivity index (χ0v) is 18.4. The van der Waals surface area contributed by atoms with Gasteiger partial charge in [0.25, 0.3) is 11.5 Å². The van der Waals surface area contributed by atoms with Crippen LogP contribution in [0.3, 0.4) is 0 Å². The summed E-state index contributed by atoms with van der Waals surface area (Å²) in [5, 5.41) is 3.12. The third-order valence-electron chi connectivity index (χ3n) is 8.73. The number of hydrogen-bond acceptors (Lipinski definition) is 3. The van der Waals surface area contributed by atoms with E-state index in [-0.39, 0.29) is 17.0 Å². The minimum Gasteiger partial charge on any atom is -0.352 e. The summed E-state index contributed by atoms with van der Waals surface area (Å²) >= 11 is 0. The fourth-order valence-electron chi connectivity index (χ4n) is 7.41. The van der Waals surface area contributed by atoms with E-state index in [2.05, 4.69) is 22.1 Å². The van der Waals surface area contributed by atoms with Crippen LogP contribution in [0.5, 0.6) is 0 Å². The highest BCUT2D eigenvalue weighted by Crippen LogP contribution is 2.56. The van der Waals surface area contributed by atoms with Crippen LogP contribution in [0.4, 0.5) is 0 Å². The minimum atomic E-state index is -0.250. The molecule has 1 aromatic rings. The number of aromatic amines is 1. The van der Waals surface area contributed by atoms with Crippen LogP contribution >= 0.6 is 0 Å². The smallest absolute Gasteiger partial charge is 0.261 e. The number of aromatic nitrogens is 1. The number of nitrogens with zero attached hydrogens (tertiary/aromatic N) is 1. The first kappa shape index (κ1) is 20.3. The van der Waals surface area contributed by atoms with Crippen molar-refractivity contribution in [2.24, 2.45) is 29.6 Å². The SMILES string of the molecule is CCC1CCCCN1Cc1ccc(C(=O)NCC2C3CC4CC(C3)CC2C4)c(=O)[nH]1. The number of amides is 1. The average molecular weight is 412 g/mol. The normalized spacial score (nSPS) is 35.5. The zero-order chi connectivity index (χ0) is 20.7. The Kier molecular flexibility index (Phi) is 5.74. The molecule has 1 atom stereocenters. The first-order valence-corrected chi connectivity index (χ1v) is 12.3. The Bertz CT molecular complexity index is 804. The number of nitrogens with one attached hydrogen (secondary N) is 2. The van der Waals surface area contributed by atoms with Gasteiger partial charge in [-0.05, 0) is 99.6 Å². The van der Waals surface area contributed by atoms with Gasteiger partial charge in [-0.15, -0.1) is 0 Å². The summed E-state index contributed by atoms with van der Waals surface area (Å²) in [5.41, 5.74) is 0.923. The molecule has 5 nitrogen and oxygen atoms in total. The molecular formula is C25H37N3O2. The Morgan fingerprint density at radius 1 is 1.10 bits per heavy atom. The summed E-state index contributed by atoms with van der Waals surface area (Å²) in [5.74, 6) is 3.88. The van der Waals surface area contributed by atoms with Crippen LogP contribution in [0.1, 0.15) is 80.8 Å². The molecule has 30 heavy (non-hydrogen) atoms. The fraction of sp³-hybridized carbons (Fsp3) is 0.760. The molecule has 0 aromatic carbocycles. The lowest BCUT2D eigenvalue weighted by Crippen LogP contribution is -2.49. The second-order valence-electron chi connectivity index (χ2n) is 10.6. The second kappa shape index (κ2) is 8.49. The van der Waals surface area contributed by atoms with E-state index in [0.717, 1.165) is 55.4 Å². The van der Waals surface area contributed by atoms with Gasteiger partial charge in [0, 0.05) is 24.8 Å². The molecule has 4 saturated carbocycles. The highest BCUT2D eigenvalue weighted by atomic mass is 16.2. The number of piperidine rings is 1. The van der Waals surface area contributed by atoms with Crippen LogP contribution in [0.15, 0.2) is 16.9 Å². The van der Waals surface area contributed by atoms with Gasteiger partial charge in [-0.25, -0.2) is 0 Å². The summed E-state index contributed by atoms with van der Waals surface area (Å²) in [6, 6.07) is 4.26. The molecule has 0 spiro atoms. The van der Waals surface area contributed by atoms with Crippen molar-refractivity contribution in [3.8, 4) is 0 Å². The van der Waals surface area contributed by atoms with Gasteiger partial charge in [-0.3, -0.25) is 14.5 Å². The predicted octanol–water partition coefficient (Wildman–Crippen LogP) is 3.94. The molecule has 4 bridgehead atoms. The molecule has 4 aliphatic carbocycles. The van der Waals surface area contributed by atoms with Crippen LogP contribution in [0, 0.1) is 29.6 Å². The Hall–Kier alpha value is -1.62. The molecule has 5 aliphatic rings. The lowest BCUT2D eigenvalue weighted by molar-refractivity contribution is -0.0347. The van der Waals surface area contributed by atoms with Crippen molar-refractivity contribution in [2.45, 2.75) is 77.3 Å². The second-order valence-corrected chi connectivity index (χ2v) is 10.6. The number of carbonyl (C=O) groups is 1. The number of likely N-dealkylation sites (tertiary alicyclic amines) is 1. The van der Waals surface area contributed by atoms with E-state index >= 15 is 0 Å². The van der Waals surface area contributed by atoms with Gasteiger partial charge in [-0.1, -0.05) is 13.3 Å². The third-order valence-corrected chi connectivity index (χ3v) is 8.73. The first-order chi connectivity index (χ1) is 14.6. The van der Waals surface area contributed by atoms with Gasteiger partial charge in [0.1, 0.15) is 5.56 Å². The Balaban J connectivity index is 1.19. The monoisotopic (exact) mass is 411 g/mol. The topological polar surface area (TPSA) is 65.2 Å². The minimum absolute atomic E-state index is 0.207. The summed E-state index contributed by atoms with van der Waals surface area (Å²) in [6.45, 7) is 4.83. The molecule has 5 fully saturated rings. The third kappa shape index (κ3) is 3.98. The molecule has 5 heteroatoms. The van der Waals surface area contributed by atoms with Gasteiger partial charge in [0.15, 0.2) is 0 Å². The average Bonchev–Trinajstić information content (AvgIpc) is 2.73. The van der Waals surface area contributed by atoms with Crippen molar-refractivity contribution >= 4 is 5.91 Å². The van der Waals surface area contributed by atoms with Gasteiger partial charge in [0.05, 0.1) is 0 Å². The van der Waals surface area contributed by atoms with Crippen LogP contribution in [-0.2, 0) is 6.54 Å². The highest BCUT2D eigenvalue weighted by Gasteiger charge is 2.47. The van der Waals surface area contributed by atoms with E-state index in [1.54, 1.807) is 6.07 Å². The molecule has 1 aliphatic heterocycles. The van der Waals surface area contributed by atoms with Crippen molar-refractivity contribution in [3.63, 3.8) is 0 Å². The van der Waals surface area contributed by atoms with Crippen LogP contribution in [0.25, 0.3) is 0 Å². The van der Waals surface area contributed by atoms with E-state index in [1.807, 2.05) is 6.07 Å². The van der Waals surface area contributed by atoms with Gasteiger partial charge in [-0.2, -0.15) is 0 Å². The summed E-state index contributed by atoms with van der Waals surface area (Å²) < 4.78 is 0. The van der Waals surface area contributed by atoms with E-state index in [1.165, 1.54) is 51.4 Å². The maximum atomic E-state index is 12.8. The maximum Gasteiger partial charge on any atom is 0.261 e. The zero-order valence-electron chi connectivity index (χ0n) is 18.4. The molecule has 2 heterocycles. The lowest BCUT2D eigenvalue weighted by Gasteiger charge is -2.54. The molecule has 1 aromatic heterocycles. The van der Waals surface area contributed by atoms with Crippen LogP contribution in [0.2, 0.25) is 0 Å². The predicted molar refractivity (Wildman–Crippen MR) is 118 cm³/mol. The molecule has 1 saturated heterocycles.